The molecule has 1 aromatic carbocycles. The Hall–Kier alpha value is -2.44. The van der Waals surface area contributed by atoms with E-state index in [-0.39, 0.29) is 0 Å². The second-order valence-electron chi connectivity index (χ2n) is 6.21. The fourth-order valence-corrected chi connectivity index (χ4v) is 3.05. The zero-order valence-electron chi connectivity index (χ0n) is 15.6. The zero-order chi connectivity index (χ0) is 19.1. The summed E-state index contributed by atoms with van der Waals surface area (Å²) in [6.07, 6.45) is 4.72. The number of H-pyrrole nitrogens is 1. The number of nitrogens with zero attached hydrogens (tertiary/aromatic N) is 3. The molecule has 2 aromatic heterocycles. The highest BCUT2D eigenvalue weighted by molar-refractivity contribution is 6.30. The third-order valence-electron chi connectivity index (χ3n) is 4.24. The van der Waals surface area contributed by atoms with Crippen LogP contribution in [0.25, 0.3) is 22.5 Å². The Labute approximate surface area is 164 Å². The van der Waals surface area contributed by atoms with Gasteiger partial charge in [-0.2, -0.15) is 10.1 Å². The lowest BCUT2D eigenvalue weighted by Gasteiger charge is -2.08. The lowest BCUT2D eigenvalue weighted by Crippen LogP contribution is -2.16. The third kappa shape index (κ3) is 4.84. The minimum atomic E-state index is 0.339. The summed E-state index contributed by atoms with van der Waals surface area (Å²) in [5, 5.41) is 11.9. The molecule has 3 aromatic rings. The fourth-order valence-electron chi connectivity index (χ4n) is 2.92. The molecule has 0 spiro atoms. The summed E-state index contributed by atoms with van der Waals surface area (Å²) in [5.41, 5.74) is 4.66. The van der Waals surface area contributed by atoms with E-state index in [0.29, 0.717) is 11.0 Å². The van der Waals surface area contributed by atoms with E-state index in [4.69, 9.17) is 16.3 Å². The second kappa shape index (κ2) is 9.48. The molecule has 0 aliphatic carbocycles. The fraction of sp³-hybridized carbons (Fsp3) is 0.350. The van der Waals surface area contributed by atoms with Crippen LogP contribution in [0.5, 0.6) is 6.01 Å². The monoisotopic (exact) mass is 385 g/mol. The molecule has 0 bridgehead atoms. The van der Waals surface area contributed by atoms with Gasteiger partial charge in [-0.15, -0.1) is 0 Å². The molecule has 142 valence electrons. The summed E-state index contributed by atoms with van der Waals surface area (Å²) in [6.45, 7) is 4.17. The van der Waals surface area contributed by atoms with E-state index >= 15 is 0 Å². The molecular weight excluding hydrogens is 362 g/mol. The minimum absolute atomic E-state index is 0.339. The number of halogens is 1. The molecule has 2 N–H and O–H groups in total. The maximum absolute atomic E-state index is 6.04. The lowest BCUT2D eigenvalue weighted by molar-refractivity contribution is 0.380. The highest BCUT2D eigenvalue weighted by Gasteiger charge is 2.18. The average Bonchev–Trinajstić information content (AvgIpc) is 3.12. The number of hydrogen-bond donors (Lipinski definition) is 2. The summed E-state index contributed by atoms with van der Waals surface area (Å²) in [4.78, 5) is 8.64. The third-order valence-corrected chi connectivity index (χ3v) is 4.49. The topological polar surface area (TPSA) is 75.7 Å². The van der Waals surface area contributed by atoms with E-state index in [1.807, 2.05) is 30.3 Å². The van der Waals surface area contributed by atoms with E-state index in [0.717, 1.165) is 60.6 Å². The van der Waals surface area contributed by atoms with Gasteiger partial charge in [0.15, 0.2) is 0 Å². The summed E-state index contributed by atoms with van der Waals surface area (Å²) < 4.78 is 5.20. The Balaban J connectivity index is 1.94. The molecule has 0 aliphatic rings. The number of aromatic amines is 1. The van der Waals surface area contributed by atoms with Gasteiger partial charge in [-0.3, -0.25) is 5.10 Å². The highest BCUT2D eigenvalue weighted by Crippen LogP contribution is 2.33. The number of rotatable bonds is 9. The van der Waals surface area contributed by atoms with Crippen molar-refractivity contribution in [3.8, 4) is 28.5 Å². The van der Waals surface area contributed by atoms with Gasteiger partial charge in [0, 0.05) is 28.0 Å². The summed E-state index contributed by atoms with van der Waals surface area (Å²) >= 11 is 6.04. The first-order chi connectivity index (χ1) is 13.2. The first kappa shape index (κ1) is 19.3. The zero-order valence-corrected chi connectivity index (χ0v) is 16.4. The van der Waals surface area contributed by atoms with Crippen molar-refractivity contribution in [1.82, 2.24) is 25.5 Å². The van der Waals surface area contributed by atoms with Crippen molar-refractivity contribution >= 4 is 11.6 Å². The van der Waals surface area contributed by atoms with Crippen LogP contribution in [-0.4, -0.2) is 40.4 Å². The molecule has 0 unspecified atom stereocenters. The molecule has 0 saturated carbocycles. The molecule has 0 amide bonds. The van der Waals surface area contributed by atoms with Crippen molar-refractivity contribution in [1.29, 1.82) is 0 Å². The van der Waals surface area contributed by atoms with Crippen LogP contribution in [0.15, 0.2) is 36.5 Å². The van der Waals surface area contributed by atoms with Crippen LogP contribution in [0.4, 0.5) is 0 Å². The van der Waals surface area contributed by atoms with Gasteiger partial charge in [0.05, 0.1) is 12.8 Å². The number of methoxy groups -OCH3 is 1. The number of aryl methyl sites for hydroxylation is 1. The van der Waals surface area contributed by atoms with Gasteiger partial charge in [0.25, 0.3) is 0 Å². The molecule has 3 rings (SSSR count). The Morgan fingerprint density at radius 2 is 1.96 bits per heavy atom. The number of nitrogens with one attached hydrogen (secondary N) is 2. The van der Waals surface area contributed by atoms with E-state index in [2.05, 4.69) is 32.4 Å². The Kier molecular flexibility index (Phi) is 6.79. The number of hydrogen-bond acceptors (Lipinski definition) is 5. The van der Waals surface area contributed by atoms with E-state index in [9.17, 15) is 0 Å². The van der Waals surface area contributed by atoms with E-state index < -0.39 is 0 Å². The van der Waals surface area contributed by atoms with Crippen molar-refractivity contribution < 1.29 is 4.74 Å². The van der Waals surface area contributed by atoms with Crippen molar-refractivity contribution in [2.24, 2.45) is 0 Å². The molecule has 0 atom stereocenters. The SMILES string of the molecule is CCCNCCCc1[nH]nc(-c2ccc(Cl)cc2)c1-c1ccnc(OC)n1. The summed E-state index contributed by atoms with van der Waals surface area (Å²) in [7, 11) is 1.56. The Morgan fingerprint density at radius 3 is 2.70 bits per heavy atom. The van der Waals surface area contributed by atoms with Gasteiger partial charge in [0.2, 0.25) is 0 Å². The van der Waals surface area contributed by atoms with Crippen LogP contribution in [0, 0.1) is 0 Å². The molecular formula is C20H24ClN5O. The lowest BCUT2D eigenvalue weighted by atomic mass is 10.0. The van der Waals surface area contributed by atoms with Crippen LogP contribution in [0.1, 0.15) is 25.5 Å². The van der Waals surface area contributed by atoms with E-state index in [1.54, 1.807) is 13.3 Å². The van der Waals surface area contributed by atoms with Gasteiger partial charge in [0.1, 0.15) is 5.69 Å². The van der Waals surface area contributed by atoms with Crippen LogP contribution in [0.3, 0.4) is 0 Å². The first-order valence-electron chi connectivity index (χ1n) is 9.14. The van der Waals surface area contributed by atoms with Gasteiger partial charge < -0.3 is 10.1 Å². The molecule has 2 heterocycles. The summed E-state index contributed by atoms with van der Waals surface area (Å²) in [5.74, 6) is 0. The maximum Gasteiger partial charge on any atom is 0.316 e. The molecule has 0 aliphatic heterocycles. The average molecular weight is 386 g/mol. The number of benzene rings is 1. The van der Waals surface area contributed by atoms with E-state index in [1.165, 1.54) is 0 Å². The highest BCUT2D eigenvalue weighted by atomic mass is 35.5. The van der Waals surface area contributed by atoms with Crippen LogP contribution < -0.4 is 10.1 Å². The van der Waals surface area contributed by atoms with Crippen molar-refractivity contribution in [2.75, 3.05) is 20.2 Å². The predicted molar refractivity (Wildman–Crippen MR) is 108 cm³/mol. The number of aromatic nitrogens is 4. The van der Waals surface area contributed by atoms with Crippen molar-refractivity contribution in [2.45, 2.75) is 26.2 Å². The second-order valence-corrected chi connectivity index (χ2v) is 6.65. The Bertz CT molecular complexity index is 863. The largest absolute Gasteiger partial charge is 0.467 e. The van der Waals surface area contributed by atoms with Crippen LogP contribution in [-0.2, 0) is 6.42 Å². The molecule has 0 saturated heterocycles. The van der Waals surface area contributed by atoms with Crippen molar-refractivity contribution in [3.63, 3.8) is 0 Å². The van der Waals surface area contributed by atoms with Gasteiger partial charge in [-0.25, -0.2) is 4.98 Å². The van der Waals surface area contributed by atoms with Gasteiger partial charge >= 0.3 is 6.01 Å². The van der Waals surface area contributed by atoms with Crippen LogP contribution in [0.2, 0.25) is 5.02 Å². The smallest absolute Gasteiger partial charge is 0.316 e. The summed E-state index contributed by atoms with van der Waals surface area (Å²) in [6, 6.07) is 9.88. The number of ether oxygens (including phenoxy) is 1. The normalized spacial score (nSPS) is 10.9. The van der Waals surface area contributed by atoms with Gasteiger partial charge in [-0.05, 0) is 50.6 Å². The minimum Gasteiger partial charge on any atom is -0.467 e. The quantitative estimate of drug-likeness (QED) is 0.542. The molecule has 0 radical (unpaired) electrons. The molecule has 7 heteroatoms. The molecule has 0 fully saturated rings. The Morgan fingerprint density at radius 1 is 1.15 bits per heavy atom. The van der Waals surface area contributed by atoms with Crippen LogP contribution >= 0.6 is 11.6 Å². The first-order valence-corrected chi connectivity index (χ1v) is 9.52. The standard InChI is InChI=1S/C20H24ClN5O/c1-3-11-22-12-4-5-17-18(16-10-13-23-20(24-16)27-2)19(26-25-17)14-6-8-15(21)9-7-14/h6-10,13,22H,3-5,11-12H2,1-2H3,(H,25,26). The molecule has 27 heavy (non-hydrogen) atoms. The molecule has 6 nitrogen and oxygen atoms in total. The van der Waals surface area contributed by atoms with Crippen molar-refractivity contribution in [3.05, 3.63) is 47.2 Å². The van der Waals surface area contributed by atoms with Gasteiger partial charge in [-0.1, -0.05) is 30.7 Å². The maximum atomic E-state index is 6.04. The predicted octanol–water partition coefficient (Wildman–Crippen LogP) is 4.13.